The summed E-state index contributed by atoms with van der Waals surface area (Å²) in [4.78, 5) is 14.0. The highest BCUT2D eigenvalue weighted by molar-refractivity contribution is 5.92. The predicted molar refractivity (Wildman–Crippen MR) is 92.0 cm³/mol. The van der Waals surface area contributed by atoms with Gasteiger partial charge in [0.05, 0.1) is 26.3 Å². The monoisotopic (exact) mass is 359 g/mol. The predicted octanol–water partition coefficient (Wildman–Crippen LogP) is 2.39. The summed E-state index contributed by atoms with van der Waals surface area (Å²) in [5, 5.41) is 6.51. The maximum Gasteiger partial charge on any atom is 0.272 e. The minimum absolute atomic E-state index is 0.0339. The molecule has 1 amide bonds. The molecule has 0 saturated carbocycles. The zero-order valence-electron chi connectivity index (χ0n) is 14.5. The Kier molecular flexibility index (Phi) is 4.74. The van der Waals surface area contributed by atoms with Crippen molar-refractivity contribution < 1.29 is 18.7 Å². The summed E-state index contributed by atoms with van der Waals surface area (Å²) in [6, 6.07) is 8.34. The number of nitrogens with zero attached hydrogens (tertiary/aromatic N) is 2. The maximum atomic E-state index is 13.5. The number of hydrogen-bond donors (Lipinski definition) is 1. The number of rotatable bonds is 6. The standard InChI is InChI=1S/C19H22FN3O3/c20-16-4-2-1-3-15(16)11-25-8-6-14-9-19(26-10-14)12-23(13-19)18(24)17-5-7-21-22-17/h1-5,7,14H,6,8-13H2,(H,21,22). The summed E-state index contributed by atoms with van der Waals surface area (Å²) in [6.07, 6.45) is 3.39. The van der Waals surface area contributed by atoms with Crippen molar-refractivity contribution in [2.24, 2.45) is 5.92 Å². The summed E-state index contributed by atoms with van der Waals surface area (Å²) < 4.78 is 25.1. The van der Waals surface area contributed by atoms with Crippen LogP contribution in [-0.2, 0) is 16.1 Å². The van der Waals surface area contributed by atoms with E-state index in [-0.39, 0.29) is 23.9 Å². The van der Waals surface area contributed by atoms with E-state index in [9.17, 15) is 9.18 Å². The lowest BCUT2D eigenvalue weighted by Gasteiger charge is -2.47. The van der Waals surface area contributed by atoms with Crippen LogP contribution >= 0.6 is 0 Å². The highest BCUT2D eigenvalue weighted by atomic mass is 19.1. The van der Waals surface area contributed by atoms with Gasteiger partial charge in [-0.1, -0.05) is 18.2 Å². The Morgan fingerprint density at radius 2 is 2.23 bits per heavy atom. The van der Waals surface area contributed by atoms with Crippen molar-refractivity contribution in [1.29, 1.82) is 0 Å². The van der Waals surface area contributed by atoms with Gasteiger partial charge < -0.3 is 14.4 Å². The first-order valence-electron chi connectivity index (χ1n) is 8.89. The number of H-pyrrole nitrogens is 1. The minimum atomic E-state index is -0.229. The molecule has 3 heterocycles. The summed E-state index contributed by atoms with van der Waals surface area (Å²) in [5.74, 6) is 0.153. The van der Waals surface area contributed by atoms with E-state index in [0.717, 1.165) is 12.8 Å². The largest absolute Gasteiger partial charge is 0.377 e. The van der Waals surface area contributed by atoms with Crippen LogP contribution in [-0.4, -0.2) is 52.9 Å². The number of carbonyl (C=O) groups is 1. The number of halogens is 1. The third-order valence-electron chi connectivity index (χ3n) is 5.15. The van der Waals surface area contributed by atoms with Gasteiger partial charge in [-0.05, 0) is 30.9 Å². The van der Waals surface area contributed by atoms with Crippen LogP contribution in [0.5, 0.6) is 0 Å². The first-order chi connectivity index (χ1) is 12.7. The van der Waals surface area contributed by atoms with Gasteiger partial charge in [0.2, 0.25) is 0 Å². The van der Waals surface area contributed by atoms with Crippen molar-refractivity contribution in [3.8, 4) is 0 Å². The number of aromatic amines is 1. The number of amides is 1. The fourth-order valence-electron chi connectivity index (χ4n) is 3.73. The summed E-state index contributed by atoms with van der Waals surface area (Å²) in [6.45, 7) is 2.80. The van der Waals surface area contributed by atoms with Gasteiger partial charge in [0.25, 0.3) is 5.91 Å². The van der Waals surface area contributed by atoms with Gasteiger partial charge in [0, 0.05) is 18.4 Å². The lowest BCUT2D eigenvalue weighted by molar-refractivity contribution is -0.0952. The van der Waals surface area contributed by atoms with E-state index in [1.807, 2.05) is 6.07 Å². The molecule has 1 atom stereocenters. The van der Waals surface area contributed by atoms with Crippen LogP contribution in [0.4, 0.5) is 4.39 Å². The fraction of sp³-hybridized carbons (Fsp3) is 0.474. The third-order valence-corrected chi connectivity index (χ3v) is 5.15. The lowest BCUT2D eigenvalue weighted by Crippen LogP contribution is -2.63. The van der Waals surface area contributed by atoms with Crippen molar-refractivity contribution >= 4 is 5.91 Å². The maximum absolute atomic E-state index is 13.5. The van der Waals surface area contributed by atoms with Crippen molar-refractivity contribution in [1.82, 2.24) is 15.1 Å². The molecule has 0 aliphatic carbocycles. The molecule has 2 saturated heterocycles. The number of aromatic nitrogens is 2. The SMILES string of the molecule is O=C(c1ccn[nH]1)N1CC2(CC(CCOCc3ccccc3F)CO2)C1. The normalized spacial score (nSPS) is 21.1. The quantitative estimate of drug-likeness (QED) is 0.804. The Morgan fingerprint density at radius 1 is 1.38 bits per heavy atom. The molecule has 7 heteroatoms. The smallest absolute Gasteiger partial charge is 0.272 e. The lowest BCUT2D eigenvalue weighted by atomic mass is 9.86. The van der Waals surface area contributed by atoms with Crippen LogP contribution in [0.25, 0.3) is 0 Å². The van der Waals surface area contributed by atoms with Crippen molar-refractivity contribution in [3.05, 3.63) is 53.6 Å². The molecule has 2 fully saturated rings. The Balaban J connectivity index is 1.18. The highest BCUT2D eigenvalue weighted by Gasteiger charge is 2.51. The Hall–Kier alpha value is -2.25. The first-order valence-corrected chi connectivity index (χ1v) is 8.89. The molecule has 26 heavy (non-hydrogen) atoms. The van der Waals surface area contributed by atoms with Crippen LogP contribution in [0.15, 0.2) is 36.5 Å². The van der Waals surface area contributed by atoms with Crippen LogP contribution < -0.4 is 0 Å². The van der Waals surface area contributed by atoms with Gasteiger partial charge >= 0.3 is 0 Å². The number of likely N-dealkylation sites (tertiary alicyclic amines) is 1. The van der Waals surface area contributed by atoms with E-state index in [2.05, 4.69) is 10.2 Å². The molecule has 1 aromatic heterocycles. The van der Waals surface area contributed by atoms with Crippen LogP contribution in [0.3, 0.4) is 0 Å². The van der Waals surface area contributed by atoms with Gasteiger partial charge in [-0.15, -0.1) is 0 Å². The van der Waals surface area contributed by atoms with E-state index >= 15 is 0 Å². The molecular weight excluding hydrogens is 337 g/mol. The van der Waals surface area contributed by atoms with E-state index in [1.54, 1.807) is 29.3 Å². The average Bonchev–Trinajstić information content (AvgIpc) is 3.28. The van der Waals surface area contributed by atoms with Crippen molar-refractivity contribution in [2.45, 2.75) is 25.0 Å². The molecule has 1 spiro atoms. The summed E-state index contributed by atoms with van der Waals surface area (Å²) in [7, 11) is 0. The molecule has 0 radical (unpaired) electrons. The zero-order chi connectivity index (χ0) is 18.0. The van der Waals surface area contributed by atoms with Gasteiger partial charge in [-0.3, -0.25) is 9.89 Å². The van der Waals surface area contributed by atoms with Gasteiger partial charge in [-0.2, -0.15) is 5.10 Å². The number of carbonyl (C=O) groups excluding carboxylic acids is 1. The summed E-state index contributed by atoms with van der Waals surface area (Å²) in [5.41, 5.74) is 0.890. The molecular formula is C19H22FN3O3. The third kappa shape index (κ3) is 3.50. The molecule has 1 N–H and O–H groups in total. The molecule has 1 aromatic carbocycles. The number of nitrogens with one attached hydrogen (secondary N) is 1. The Labute approximate surface area is 151 Å². The first kappa shape index (κ1) is 17.2. The highest BCUT2D eigenvalue weighted by Crippen LogP contribution is 2.39. The van der Waals surface area contributed by atoms with Gasteiger partial charge in [0.1, 0.15) is 17.1 Å². The Bertz CT molecular complexity index is 759. The van der Waals surface area contributed by atoms with Gasteiger partial charge in [-0.25, -0.2) is 4.39 Å². The van der Waals surface area contributed by atoms with E-state index in [0.29, 0.717) is 43.5 Å². The molecule has 2 aliphatic rings. The summed E-state index contributed by atoms with van der Waals surface area (Å²) >= 11 is 0. The van der Waals surface area contributed by atoms with E-state index < -0.39 is 0 Å². The fourth-order valence-corrected chi connectivity index (χ4v) is 3.73. The number of ether oxygens (including phenoxy) is 2. The van der Waals surface area contributed by atoms with Crippen molar-refractivity contribution in [3.63, 3.8) is 0 Å². The Morgan fingerprint density at radius 3 is 3.00 bits per heavy atom. The van der Waals surface area contributed by atoms with E-state index in [1.165, 1.54) is 6.07 Å². The van der Waals surface area contributed by atoms with Crippen molar-refractivity contribution in [2.75, 3.05) is 26.3 Å². The number of benzene rings is 1. The average molecular weight is 359 g/mol. The van der Waals surface area contributed by atoms with Crippen LogP contribution in [0.1, 0.15) is 28.9 Å². The molecule has 0 bridgehead atoms. The van der Waals surface area contributed by atoms with Crippen LogP contribution in [0.2, 0.25) is 0 Å². The molecule has 6 nitrogen and oxygen atoms in total. The second kappa shape index (κ2) is 7.17. The zero-order valence-corrected chi connectivity index (χ0v) is 14.5. The molecule has 2 aromatic rings. The van der Waals surface area contributed by atoms with Gasteiger partial charge in [0.15, 0.2) is 0 Å². The minimum Gasteiger partial charge on any atom is -0.377 e. The second-order valence-corrected chi connectivity index (χ2v) is 7.13. The molecule has 4 rings (SSSR count). The molecule has 2 aliphatic heterocycles. The van der Waals surface area contributed by atoms with E-state index in [4.69, 9.17) is 9.47 Å². The second-order valence-electron chi connectivity index (χ2n) is 7.13. The van der Waals surface area contributed by atoms with Crippen LogP contribution in [0, 0.1) is 11.7 Å². The number of hydrogen-bond acceptors (Lipinski definition) is 4. The topological polar surface area (TPSA) is 67.5 Å². The molecule has 1 unspecified atom stereocenters. The molecule has 138 valence electrons.